The molecule has 4 saturated heterocycles. The van der Waals surface area contributed by atoms with Crippen LogP contribution in [0.5, 0.6) is 0 Å². The van der Waals surface area contributed by atoms with Crippen molar-refractivity contribution in [3.05, 3.63) is 35.4 Å². The fourth-order valence-electron chi connectivity index (χ4n) is 6.39. The highest BCUT2D eigenvalue weighted by Gasteiger charge is 2.27. The van der Waals surface area contributed by atoms with Crippen molar-refractivity contribution < 1.29 is 28.8 Å². The lowest BCUT2D eigenvalue weighted by molar-refractivity contribution is -0.125. The maximum Gasteiger partial charge on any atom is 0.223 e. The van der Waals surface area contributed by atoms with Gasteiger partial charge in [0.15, 0.2) is 11.6 Å². The van der Waals surface area contributed by atoms with Crippen molar-refractivity contribution in [2.75, 3.05) is 13.1 Å². The van der Waals surface area contributed by atoms with Crippen LogP contribution in [0.3, 0.4) is 0 Å². The van der Waals surface area contributed by atoms with Gasteiger partial charge in [-0.05, 0) is 63.9 Å². The van der Waals surface area contributed by atoms with Crippen LogP contribution >= 0.6 is 0 Å². The Labute approximate surface area is 280 Å². The van der Waals surface area contributed by atoms with E-state index in [4.69, 9.17) is 0 Å². The number of rotatable bonds is 8. The Balaban J connectivity index is 0.000000235. The van der Waals surface area contributed by atoms with Crippen LogP contribution in [0.2, 0.25) is 0 Å². The Hall–Kier alpha value is -3.56. The van der Waals surface area contributed by atoms with Crippen molar-refractivity contribution in [2.45, 2.75) is 141 Å². The van der Waals surface area contributed by atoms with E-state index in [1.165, 1.54) is 32.1 Å². The first-order chi connectivity index (χ1) is 22.8. The molecule has 5 rings (SSSR count). The summed E-state index contributed by atoms with van der Waals surface area (Å²) in [5.41, 5.74) is 0.839. The topological polar surface area (TPSA) is 151 Å². The van der Waals surface area contributed by atoms with Crippen LogP contribution in [-0.2, 0) is 19.2 Å². The molecule has 0 bridgehead atoms. The zero-order chi connectivity index (χ0) is 33.9. The molecule has 10 heteroatoms. The van der Waals surface area contributed by atoms with Crippen LogP contribution in [0.25, 0.3) is 0 Å². The van der Waals surface area contributed by atoms with Crippen molar-refractivity contribution in [3.63, 3.8) is 0 Å². The van der Waals surface area contributed by atoms with Crippen molar-refractivity contribution in [1.29, 1.82) is 0 Å². The predicted octanol–water partition coefficient (Wildman–Crippen LogP) is 5.33. The summed E-state index contributed by atoms with van der Waals surface area (Å²) >= 11 is 0. The minimum atomic E-state index is -0.534. The second kappa shape index (κ2) is 21.3. The summed E-state index contributed by atoms with van der Waals surface area (Å²) < 4.78 is 0. The average Bonchev–Trinajstić information content (AvgIpc) is 3.62. The summed E-state index contributed by atoms with van der Waals surface area (Å²) in [6.07, 6.45) is 17.8. The Kier molecular flexibility index (Phi) is 17.2. The first-order valence-corrected chi connectivity index (χ1v) is 18.1. The number of ketones is 2. The quantitative estimate of drug-likeness (QED) is 0.220. The van der Waals surface area contributed by atoms with Gasteiger partial charge in [0, 0.05) is 49.4 Å². The fourth-order valence-corrected chi connectivity index (χ4v) is 6.39. The fraction of sp³-hybridized carbons (Fsp3) is 0.676. The molecule has 4 amide bonds. The third kappa shape index (κ3) is 14.0. The number of Topliss-reactive ketones (excluding diaryl/α,β-unsaturated/α-hetero) is 2. The van der Waals surface area contributed by atoms with E-state index in [9.17, 15) is 28.8 Å². The molecule has 4 N–H and O–H groups in total. The molecule has 4 heterocycles. The molecule has 4 aliphatic rings. The maximum atomic E-state index is 12.8. The van der Waals surface area contributed by atoms with Crippen LogP contribution < -0.4 is 21.3 Å². The summed E-state index contributed by atoms with van der Waals surface area (Å²) in [5, 5.41) is 11.3. The second-order valence-corrected chi connectivity index (χ2v) is 13.2. The highest BCUT2D eigenvalue weighted by molar-refractivity contribution is 6.06. The van der Waals surface area contributed by atoms with E-state index >= 15 is 0 Å². The van der Waals surface area contributed by atoms with Gasteiger partial charge in [-0.2, -0.15) is 0 Å². The van der Waals surface area contributed by atoms with Crippen molar-refractivity contribution in [1.82, 2.24) is 21.3 Å². The van der Waals surface area contributed by atoms with Crippen LogP contribution in [0, 0.1) is 5.92 Å². The minimum absolute atomic E-state index is 0.103. The molecule has 260 valence electrons. The van der Waals surface area contributed by atoms with E-state index in [-0.39, 0.29) is 29.3 Å². The first-order valence-electron chi connectivity index (χ1n) is 18.1. The van der Waals surface area contributed by atoms with Gasteiger partial charge in [-0.15, -0.1) is 0 Å². The number of hydrogen-bond acceptors (Lipinski definition) is 6. The Bertz CT molecular complexity index is 1130. The number of carbonyl (C=O) groups is 6. The van der Waals surface area contributed by atoms with Gasteiger partial charge in [0.1, 0.15) is 0 Å². The molecule has 1 aromatic carbocycles. The second-order valence-electron chi connectivity index (χ2n) is 13.2. The number of hydrogen-bond donors (Lipinski definition) is 4. The van der Waals surface area contributed by atoms with Crippen LogP contribution in [0.1, 0.15) is 150 Å². The Morgan fingerprint density at radius 2 is 1.17 bits per heavy atom. The van der Waals surface area contributed by atoms with Crippen LogP contribution in [-0.4, -0.2) is 60.4 Å². The van der Waals surface area contributed by atoms with E-state index in [1.54, 1.807) is 24.3 Å². The molecule has 3 atom stereocenters. The smallest absolute Gasteiger partial charge is 0.223 e. The van der Waals surface area contributed by atoms with Gasteiger partial charge in [-0.3, -0.25) is 28.8 Å². The molecule has 0 spiro atoms. The molecule has 10 nitrogen and oxygen atoms in total. The molecule has 1 aromatic rings. The van der Waals surface area contributed by atoms with E-state index in [0.717, 1.165) is 77.3 Å². The third-order valence-electron chi connectivity index (χ3n) is 9.24. The third-order valence-corrected chi connectivity index (χ3v) is 9.24. The Morgan fingerprint density at radius 1 is 0.638 bits per heavy atom. The summed E-state index contributed by atoms with van der Waals surface area (Å²) in [6.45, 7) is 3.98. The SMILES string of the molecule is CCCCCC1CCCCNC1=O.O=C1CCCCC(C(=O)c2cccc(C(=O)C3CCCCC(=O)N3)c2)N1.O=C1CCCCCN1. The number of carbonyl (C=O) groups excluding carboxylic acids is 6. The minimum Gasteiger partial charge on any atom is -0.356 e. The van der Waals surface area contributed by atoms with Crippen LogP contribution in [0.15, 0.2) is 24.3 Å². The largest absolute Gasteiger partial charge is 0.356 e. The first kappa shape index (κ1) is 37.9. The number of nitrogens with one attached hydrogen (secondary N) is 4. The Morgan fingerprint density at radius 3 is 1.79 bits per heavy atom. The zero-order valence-corrected chi connectivity index (χ0v) is 28.3. The standard InChI is InChI=1S/C20H24N2O4.C11H21NO.C6H11NO/c23-17-10-3-1-8-15(21-17)19(25)13-6-5-7-14(12-13)20(26)16-9-2-4-11-18(24)22-16;1-2-3-4-7-10-8-5-6-9-12-11(10)13;8-6-4-2-1-3-5-7-6/h5-7,12,15-16H,1-4,8-11H2,(H,21,23)(H,22,24);10H,2-9H2,1H3,(H,12,13);1-5H2,(H,7,8). The van der Waals surface area contributed by atoms with E-state index < -0.39 is 12.1 Å². The maximum absolute atomic E-state index is 12.8. The van der Waals surface area contributed by atoms with Gasteiger partial charge in [-0.25, -0.2) is 0 Å². The van der Waals surface area contributed by atoms with E-state index in [0.29, 0.717) is 48.6 Å². The molecule has 47 heavy (non-hydrogen) atoms. The van der Waals surface area contributed by atoms with Gasteiger partial charge in [0.25, 0.3) is 0 Å². The van der Waals surface area contributed by atoms with Crippen molar-refractivity contribution >= 4 is 35.2 Å². The highest BCUT2D eigenvalue weighted by Crippen LogP contribution is 2.20. The summed E-state index contributed by atoms with van der Waals surface area (Å²) in [4.78, 5) is 71.0. The van der Waals surface area contributed by atoms with Gasteiger partial charge in [0.05, 0.1) is 12.1 Å². The summed E-state index contributed by atoms with van der Waals surface area (Å²) in [7, 11) is 0. The lowest BCUT2D eigenvalue weighted by atomic mass is 9.95. The molecule has 4 fully saturated rings. The predicted molar refractivity (Wildman–Crippen MR) is 182 cm³/mol. The monoisotopic (exact) mass is 652 g/mol. The van der Waals surface area contributed by atoms with Crippen molar-refractivity contribution in [3.8, 4) is 0 Å². The normalized spacial score (nSPS) is 23.6. The zero-order valence-electron chi connectivity index (χ0n) is 28.3. The average molecular weight is 653 g/mol. The molecule has 0 aliphatic carbocycles. The molecule has 4 aliphatic heterocycles. The van der Waals surface area contributed by atoms with Gasteiger partial charge in [-0.1, -0.05) is 70.1 Å². The van der Waals surface area contributed by atoms with Gasteiger partial charge < -0.3 is 21.3 Å². The van der Waals surface area contributed by atoms with Gasteiger partial charge in [0.2, 0.25) is 23.6 Å². The molecule has 0 radical (unpaired) electrons. The highest BCUT2D eigenvalue weighted by atomic mass is 16.2. The number of amides is 4. The number of benzene rings is 1. The van der Waals surface area contributed by atoms with Crippen LogP contribution in [0.4, 0.5) is 0 Å². The number of unbranched alkanes of at least 4 members (excludes halogenated alkanes) is 2. The lowest BCUT2D eigenvalue weighted by Gasteiger charge is -2.17. The molecule has 0 saturated carbocycles. The van der Waals surface area contributed by atoms with E-state index in [2.05, 4.69) is 28.2 Å². The molecular weight excluding hydrogens is 596 g/mol. The molecule has 0 aromatic heterocycles. The van der Waals surface area contributed by atoms with E-state index in [1.807, 2.05) is 0 Å². The lowest BCUT2D eigenvalue weighted by Crippen LogP contribution is -2.40. The summed E-state index contributed by atoms with van der Waals surface area (Å²) in [5.74, 6) is 0.299. The molecular formula is C37H56N4O6. The van der Waals surface area contributed by atoms with Gasteiger partial charge >= 0.3 is 0 Å². The van der Waals surface area contributed by atoms with Crippen molar-refractivity contribution in [2.24, 2.45) is 5.92 Å². The summed E-state index contributed by atoms with van der Waals surface area (Å²) in [6, 6.07) is 5.53. The molecule has 3 unspecified atom stereocenters.